The number of benzene rings is 2. The van der Waals surface area contributed by atoms with E-state index >= 15 is 0 Å². The van der Waals surface area contributed by atoms with Crippen molar-refractivity contribution in [2.45, 2.75) is 29.7 Å². The van der Waals surface area contributed by atoms with Crippen LogP contribution in [0.4, 0.5) is 0 Å². The summed E-state index contributed by atoms with van der Waals surface area (Å²) in [6.07, 6.45) is -0.446. The minimum Gasteiger partial charge on any atom is -0.389 e. The highest BCUT2D eigenvalue weighted by molar-refractivity contribution is 9.10. The Hall–Kier alpha value is -0.770. The molecule has 1 N–H and O–H groups in total. The van der Waals surface area contributed by atoms with Gasteiger partial charge in [0.15, 0.2) is 0 Å². The first kappa shape index (κ1) is 13.7. The molecule has 0 aliphatic carbocycles. The molecule has 0 aliphatic heterocycles. The molecule has 0 heterocycles. The molecular formula is C15H15BrOS. The normalized spacial score (nSPS) is 12.4. The van der Waals surface area contributed by atoms with E-state index in [9.17, 15) is 5.11 Å². The van der Waals surface area contributed by atoms with Crippen LogP contribution in [0.25, 0.3) is 0 Å². The topological polar surface area (TPSA) is 20.2 Å². The van der Waals surface area contributed by atoms with Gasteiger partial charge in [-0.25, -0.2) is 0 Å². The number of aryl methyl sites for hydroxylation is 1. The van der Waals surface area contributed by atoms with Crippen molar-refractivity contribution in [1.29, 1.82) is 0 Å². The standard InChI is InChI=1S/C15H15BrOS/c1-10-3-5-12(6-4-10)18-13-7-8-14(11(2)17)15(16)9-13/h3-9,11,17H,1-2H3. The summed E-state index contributed by atoms with van der Waals surface area (Å²) in [7, 11) is 0. The van der Waals surface area contributed by atoms with Crippen LogP contribution in [-0.4, -0.2) is 5.11 Å². The van der Waals surface area contributed by atoms with Gasteiger partial charge in [-0.15, -0.1) is 0 Å². The Balaban J connectivity index is 2.20. The van der Waals surface area contributed by atoms with E-state index in [0.29, 0.717) is 0 Å². The Morgan fingerprint density at radius 1 is 1.06 bits per heavy atom. The molecule has 2 rings (SSSR count). The van der Waals surface area contributed by atoms with Crippen molar-refractivity contribution in [3.05, 3.63) is 58.1 Å². The molecule has 0 saturated heterocycles. The molecule has 18 heavy (non-hydrogen) atoms. The van der Waals surface area contributed by atoms with Crippen molar-refractivity contribution in [2.75, 3.05) is 0 Å². The van der Waals surface area contributed by atoms with Gasteiger partial charge in [-0.1, -0.05) is 51.5 Å². The van der Waals surface area contributed by atoms with Gasteiger partial charge in [-0.3, -0.25) is 0 Å². The smallest absolute Gasteiger partial charge is 0.0772 e. The minimum atomic E-state index is -0.446. The van der Waals surface area contributed by atoms with E-state index in [4.69, 9.17) is 0 Å². The third-order valence-corrected chi connectivity index (χ3v) is 4.36. The summed E-state index contributed by atoms with van der Waals surface area (Å²) in [4.78, 5) is 2.38. The highest BCUT2D eigenvalue weighted by atomic mass is 79.9. The van der Waals surface area contributed by atoms with E-state index in [1.54, 1.807) is 18.7 Å². The first-order chi connectivity index (χ1) is 8.56. The molecule has 0 aliphatic rings. The molecule has 0 aromatic heterocycles. The van der Waals surface area contributed by atoms with E-state index in [0.717, 1.165) is 14.9 Å². The average Bonchev–Trinajstić information content (AvgIpc) is 2.32. The fourth-order valence-electron chi connectivity index (χ4n) is 1.65. The number of rotatable bonds is 3. The van der Waals surface area contributed by atoms with Crippen LogP contribution in [0.2, 0.25) is 0 Å². The Labute approximate surface area is 120 Å². The fourth-order valence-corrected chi connectivity index (χ4v) is 3.37. The van der Waals surface area contributed by atoms with E-state index in [1.165, 1.54) is 10.5 Å². The summed E-state index contributed by atoms with van der Waals surface area (Å²) in [5.74, 6) is 0. The Kier molecular flexibility index (Phi) is 4.49. The number of halogens is 1. The van der Waals surface area contributed by atoms with E-state index in [1.807, 2.05) is 18.2 Å². The molecule has 0 amide bonds. The third-order valence-electron chi connectivity index (χ3n) is 2.68. The van der Waals surface area contributed by atoms with Crippen molar-refractivity contribution in [1.82, 2.24) is 0 Å². The monoisotopic (exact) mass is 322 g/mol. The van der Waals surface area contributed by atoms with Crippen LogP contribution in [0, 0.1) is 6.92 Å². The maximum Gasteiger partial charge on any atom is 0.0772 e. The van der Waals surface area contributed by atoms with E-state index in [2.05, 4.69) is 47.1 Å². The molecule has 1 unspecified atom stereocenters. The van der Waals surface area contributed by atoms with Gasteiger partial charge in [-0.2, -0.15) is 0 Å². The summed E-state index contributed by atoms with van der Waals surface area (Å²) in [6.45, 7) is 3.86. The SMILES string of the molecule is Cc1ccc(Sc2ccc(C(C)O)c(Br)c2)cc1. The van der Waals surface area contributed by atoms with Gasteiger partial charge in [0.25, 0.3) is 0 Å². The molecule has 1 nitrogen and oxygen atoms in total. The quantitative estimate of drug-likeness (QED) is 0.861. The highest BCUT2D eigenvalue weighted by Gasteiger charge is 2.07. The van der Waals surface area contributed by atoms with Crippen LogP contribution in [0.1, 0.15) is 24.2 Å². The molecule has 1 atom stereocenters. The lowest BCUT2D eigenvalue weighted by molar-refractivity contribution is 0.198. The number of aliphatic hydroxyl groups is 1. The lowest BCUT2D eigenvalue weighted by atomic mass is 10.1. The van der Waals surface area contributed by atoms with Gasteiger partial charge in [0.05, 0.1) is 6.10 Å². The van der Waals surface area contributed by atoms with Crippen molar-refractivity contribution >= 4 is 27.7 Å². The largest absolute Gasteiger partial charge is 0.389 e. The second kappa shape index (κ2) is 5.91. The van der Waals surface area contributed by atoms with E-state index in [-0.39, 0.29) is 0 Å². The fraction of sp³-hybridized carbons (Fsp3) is 0.200. The van der Waals surface area contributed by atoms with Crippen LogP contribution in [0.3, 0.4) is 0 Å². The van der Waals surface area contributed by atoms with Gasteiger partial charge in [-0.05, 0) is 43.7 Å². The molecule has 0 spiro atoms. The summed E-state index contributed by atoms with van der Waals surface area (Å²) in [5, 5.41) is 9.58. The van der Waals surface area contributed by atoms with Crippen molar-refractivity contribution in [3.63, 3.8) is 0 Å². The van der Waals surface area contributed by atoms with Gasteiger partial charge in [0.1, 0.15) is 0 Å². The average molecular weight is 323 g/mol. The van der Waals surface area contributed by atoms with Crippen LogP contribution in [0.5, 0.6) is 0 Å². The second-order valence-corrected chi connectivity index (χ2v) is 6.28. The van der Waals surface area contributed by atoms with Gasteiger partial charge in [0.2, 0.25) is 0 Å². The van der Waals surface area contributed by atoms with E-state index < -0.39 is 6.10 Å². The maximum absolute atomic E-state index is 9.58. The molecule has 0 bridgehead atoms. The third kappa shape index (κ3) is 3.37. The Morgan fingerprint density at radius 2 is 1.67 bits per heavy atom. The summed E-state index contributed by atoms with van der Waals surface area (Å²) in [6, 6.07) is 14.5. The van der Waals surface area contributed by atoms with Crippen LogP contribution >= 0.6 is 27.7 Å². The number of hydrogen-bond donors (Lipinski definition) is 1. The molecule has 3 heteroatoms. The summed E-state index contributed by atoms with van der Waals surface area (Å²) >= 11 is 5.22. The predicted octanol–water partition coefficient (Wildman–Crippen LogP) is 4.96. The molecule has 0 radical (unpaired) electrons. The highest BCUT2D eigenvalue weighted by Crippen LogP contribution is 2.32. The predicted molar refractivity (Wildman–Crippen MR) is 80.1 cm³/mol. The first-order valence-corrected chi connectivity index (χ1v) is 7.39. The van der Waals surface area contributed by atoms with Crippen molar-refractivity contribution < 1.29 is 5.11 Å². The summed E-state index contributed by atoms with van der Waals surface area (Å²) in [5.41, 5.74) is 2.19. The maximum atomic E-state index is 9.58. The lowest BCUT2D eigenvalue weighted by Gasteiger charge is -2.09. The first-order valence-electron chi connectivity index (χ1n) is 5.78. The number of aliphatic hydroxyl groups excluding tert-OH is 1. The number of hydrogen-bond acceptors (Lipinski definition) is 2. The van der Waals surface area contributed by atoms with Gasteiger partial charge < -0.3 is 5.11 Å². The Morgan fingerprint density at radius 3 is 2.22 bits per heavy atom. The van der Waals surface area contributed by atoms with Crippen LogP contribution in [0.15, 0.2) is 56.7 Å². The van der Waals surface area contributed by atoms with Crippen LogP contribution in [-0.2, 0) is 0 Å². The minimum absolute atomic E-state index is 0.446. The molecule has 94 valence electrons. The molecule has 0 saturated carbocycles. The zero-order valence-corrected chi connectivity index (χ0v) is 12.8. The van der Waals surface area contributed by atoms with Crippen LogP contribution < -0.4 is 0 Å². The van der Waals surface area contributed by atoms with Gasteiger partial charge >= 0.3 is 0 Å². The van der Waals surface area contributed by atoms with Crippen molar-refractivity contribution in [2.24, 2.45) is 0 Å². The lowest BCUT2D eigenvalue weighted by Crippen LogP contribution is -1.92. The zero-order chi connectivity index (χ0) is 13.1. The molecule has 2 aromatic carbocycles. The summed E-state index contributed by atoms with van der Waals surface area (Å²) < 4.78 is 0.953. The second-order valence-electron chi connectivity index (χ2n) is 4.27. The Bertz CT molecular complexity index is 535. The molecule has 2 aromatic rings. The van der Waals surface area contributed by atoms with Gasteiger partial charge in [0, 0.05) is 14.3 Å². The molecule has 0 fully saturated rings. The zero-order valence-electron chi connectivity index (χ0n) is 10.4. The molecular weight excluding hydrogens is 308 g/mol. The van der Waals surface area contributed by atoms with Crippen molar-refractivity contribution in [3.8, 4) is 0 Å².